The van der Waals surface area contributed by atoms with Crippen molar-refractivity contribution in [2.45, 2.75) is 26.8 Å². The third kappa shape index (κ3) is 4.41. The summed E-state index contributed by atoms with van der Waals surface area (Å²) in [6.07, 6.45) is 0.0156. The predicted octanol–water partition coefficient (Wildman–Crippen LogP) is 1.36. The topological polar surface area (TPSA) is 110 Å². The van der Waals surface area contributed by atoms with Crippen molar-refractivity contribution < 1.29 is 4.79 Å². The van der Waals surface area contributed by atoms with Gasteiger partial charge in [0.15, 0.2) is 0 Å². The minimum absolute atomic E-state index is 0.00513. The minimum Gasteiger partial charge on any atom is -0.369 e. The second-order valence-electron chi connectivity index (χ2n) is 6.56. The maximum Gasteiger partial charge on any atom is 0.252 e. The molecular formula is C19H22N6O2. The fourth-order valence-corrected chi connectivity index (χ4v) is 2.95. The van der Waals surface area contributed by atoms with Gasteiger partial charge in [0.25, 0.3) is 5.56 Å². The predicted molar refractivity (Wildman–Crippen MR) is 102 cm³/mol. The first-order valence-corrected chi connectivity index (χ1v) is 8.54. The van der Waals surface area contributed by atoms with Gasteiger partial charge in [0.05, 0.1) is 23.5 Å². The molecule has 0 radical (unpaired) electrons. The van der Waals surface area contributed by atoms with Crippen molar-refractivity contribution in [2.75, 3.05) is 12.8 Å². The average molecular weight is 366 g/mol. The molecule has 0 aliphatic heterocycles. The van der Waals surface area contributed by atoms with E-state index < -0.39 is 0 Å². The van der Waals surface area contributed by atoms with Gasteiger partial charge >= 0.3 is 0 Å². The van der Waals surface area contributed by atoms with Gasteiger partial charge in [-0.1, -0.05) is 12.1 Å². The van der Waals surface area contributed by atoms with E-state index >= 15 is 0 Å². The summed E-state index contributed by atoms with van der Waals surface area (Å²) in [5.41, 5.74) is 9.43. The number of carbonyl (C=O) groups is 1. The summed E-state index contributed by atoms with van der Waals surface area (Å²) >= 11 is 0. The molecule has 0 atom stereocenters. The van der Waals surface area contributed by atoms with Crippen molar-refractivity contribution in [1.29, 1.82) is 0 Å². The van der Waals surface area contributed by atoms with E-state index in [1.807, 2.05) is 48.9 Å². The van der Waals surface area contributed by atoms with Gasteiger partial charge in [0.2, 0.25) is 11.9 Å². The largest absolute Gasteiger partial charge is 0.369 e. The molecule has 0 bridgehead atoms. The van der Waals surface area contributed by atoms with Gasteiger partial charge in [-0.3, -0.25) is 14.6 Å². The molecule has 27 heavy (non-hydrogen) atoms. The molecule has 2 heterocycles. The van der Waals surface area contributed by atoms with Crippen molar-refractivity contribution in [3.05, 3.63) is 69.4 Å². The number of anilines is 1. The van der Waals surface area contributed by atoms with Crippen LogP contribution in [0, 0.1) is 13.8 Å². The van der Waals surface area contributed by atoms with Crippen LogP contribution in [0.3, 0.4) is 0 Å². The molecule has 0 saturated carbocycles. The molecule has 0 saturated heterocycles. The van der Waals surface area contributed by atoms with Gasteiger partial charge in [-0.05, 0) is 37.6 Å². The zero-order valence-corrected chi connectivity index (χ0v) is 15.6. The van der Waals surface area contributed by atoms with E-state index in [2.05, 4.69) is 15.1 Å². The summed E-state index contributed by atoms with van der Waals surface area (Å²) in [6.45, 7) is 4.39. The van der Waals surface area contributed by atoms with E-state index in [0.717, 1.165) is 22.6 Å². The van der Waals surface area contributed by atoms with Crippen molar-refractivity contribution in [2.24, 2.45) is 0 Å². The lowest BCUT2D eigenvalue weighted by atomic mass is 10.1. The number of H-pyrrole nitrogens is 1. The Labute approximate surface area is 156 Å². The number of nitrogens with two attached hydrogens (primary N) is 1. The van der Waals surface area contributed by atoms with Crippen LogP contribution in [0.25, 0.3) is 5.69 Å². The van der Waals surface area contributed by atoms with Gasteiger partial charge in [-0.25, -0.2) is 9.67 Å². The number of likely N-dealkylation sites (N-methyl/N-ethyl adjacent to an activating group) is 1. The number of hydrogen-bond acceptors (Lipinski definition) is 5. The molecule has 8 nitrogen and oxygen atoms in total. The highest BCUT2D eigenvalue weighted by Crippen LogP contribution is 2.15. The molecule has 0 unspecified atom stereocenters. The first-order valence-electron chi connectivity index (χ1n) is 8.54. The van der Waals surface area contributed by atoms with E-state index in [9.17, 15) is 9.59 Å². The first-order chi connectivity index (χ1) is 12.8. The van der Waals surface area contributed by atoms with Crippen LogP contribution < -0.4 is 11.3 Å². The fourth-order valence-electron chi connectivity index (χ4n) is 2.95. The highest BCUT2D eigenvalue weighted by atomic mass is 16.2. The van der Waals surface area contributed by atoms with E-state index in [0.29, 0.717) is 12.2 Å². The van der Waals surface area contributed by atoms with Crippen LogP contribution in [0.4, 0.5) is 5.95 Å². The zero-order valence-electron chi connectivity index (χ0n) is 15.6. The van der Waals surface area contributed by atoms with E-state index in [1.54, 1.807) is 11.9 Å². The number of hydrogen-bond donors (Lipinski definition) is 2. The van der Waals surface area contributed by atoms with Crippen LogP contribution in [0.1, 0.15) is 22.6 Å². The molecular weight excluding hydrogens is 344 g/mol. The molecule has 0 fully saturated rings. The number of aryl methyl sites for hydroxylation is 2. The Bertz CT molecular complexity index is 1040. The minimum atomic E-state index is -0.370. The smallest absolute Gasteiger partial charge is 0.252 e. The number of nitrogens with one attached hydrogen (secondary N) is 1. The maximum atomic E-state index is 12.5. The number of rotatable bonds is 5. The van der Waals surface area contributed by atoms with E-state index in [1.165, 1.54) is 6.07 Å². The van der Waals surface area contributed by atoms with Gasteiger partial charge in [-0.2, -0.15) is 5.10 Å². The van der Waals surface area contributed by atoms with Crippen molar-refractivity contribution in [1.82, 2.24) is 24.6 Å². The van der Waals surface area contributed by atoms with Crippen LogP contribution in [0.2, 0.25) is 0 Å². The van der Waals surface area contributed by atoms with Crippen molar-refractivity contribution in [3.63, 3.8) is 0 Å². The summed E-state index contributed by atoms with van der Waals surface area (Å²) < 4.78 is 1.88. The van der Waals surface area contributed by atoms with Crippen LogP contribution in [0.15, 0.2) is 41.2 Å². The number of aromatic nitrogens is 4. The van der Waals surface area contributed by atoms with Crippen molar-refractivity contribution >= 4 is 11.9 Å². The molecule has 1 amide bonds. The molecule has 0 aliphatic carbocycles. The number of aromatic amines is 1. The standard InChI is InChI=1S/C19H22N6O2/c1-12-7-13(2)25(23-12)16-6-4-5-14(8-16)11-24(3)18(27)10-15-9-17(26)22-19(20)21-15/h4-9H,10-11H2,1-3H3,(H3,20,21,22,26). The third-order valence-corrected chi connectivity index (χ3v) is 4.16. The average Bonchev–Trinajstić information content (AvgIpc) is 2.92. The molecule has 3 N–H and O–H groups in total. The molecule has 140 valence electrons. The lowest BCUT2D eigenvalue weighted by Crippen LogP contribution is -2.28. The molecule has 3 rings (SSSR count). The van der Waals surface area contributed by atoms with Gasteiger partial charge in [0, 0.05) is 25.4 Å². The summed E-state index contributed by atoms with van der Waals surface area (Å²) in [7, 11) is 1.72. The second-order valence-corrected chi connectivity index (χ2v) is 6.56. The molecule has 3 aromatic rings. The van der Waals surface area contributed by atoms with Crippen LogP contribution in [-0.2, 0) is 17.8 Å². The SMILES string of the molecule is Cc1cc(C)n(-c2cccc(CN(C)C(=O)Cc3cc(=O)[nH]c(N)n3)c2)n1. The van der Waals surface area contributed by atoms with Crippen LogP contribution in [0.5, 0.6) is 0 Å². The molecule has 0 aliphatic rings. The van der Waals surface area contributed by atoms with Gasteiger partial charge < -0.3 is 10.6 Å². The molecule has 0 spiro atoms. The normalized spacial score (nSPS) is 10.8. The second kappa shape index (κ2) is 7.45. The summed E-state index contributed by atoms with van der Waals surface area (Å²) in [5, 5.41) is 4.49. The number of nitrogen functional groups attached to an aromatic ring is 1. The monoisotopic (exact) mass is 366 g/mol. The third-order valence-electron chi connectivity index (χ3n) is 4.16. The summed E-state index contributed by atoms with van der Waals surface area (Å²) in [5.74, 6) is -0.144. The lowest BCUT2D eigenvalue weighted by Gasteiger charge is -2.18. The van der Waals surface area contributed by atoms with Gasteiger partial charge in [-0.15, -0.1) is 0 Å². The Morgan fingerprint density at radius 3 is 2.70 bits per heavy atom. The molecule has 2 aromatic heterocycles. The summed E-state index contributed by atoms with van der Waals surface area (Å²) in [4.78, 5) is 31.9. The first kappa shape index (κ1) is 18.4. The Morgan fingerprint density at radius 2 is 2.04 bits per heavy atom. The zero-order chi connectivity index (χ0) is 19.6. The number of carbonyl (C=O) groups excluding carboxylic acids is 1. The van der Waals surface area contributed by atoms with E-state index in [4.69, 9.17) is 5.73 Å². The molecule has 1 aromatic carbocycles. The lowest BCUT2D eigenvalue weighted by molar-refractivity contribution is -0.129. The quantitative estimate of drug-likeness (QED) is 0.708. The number of amides is 1. The highest BCUT2D eigenvalue weighted by Gasteiger charge is 2.13. The number of benzene rings is 1. The Balaban J connectivity index is 1.73. The van der Waals surface area contributed by atoms with E-state index in [-0.39, 0.29) is 23.8 Å². The van der Waals surface area contributed by atoms with Crippen LogP contribution in [-0.4, -0.2) is 37.6 Å². The maximum absolute atomic E-state index is 12.5. The fraction of sp³-hybridized carbons (Fsp3) is 0.263. The Morgan fingerprint density at radius 1 is 1.26 bits per heavy atom. The van der Waals surface area contributed by atoms with Gasteiger partial charge in [0.1, 0.15) is 0 Å². The number of nitrogens with zero attached hydrogens (tertiary/aromatic N) is 4. The summed E-state index contributed by atoms with van der Waals surface area (Å²) in [6, 6.07) is 11.2. The van der Waals surface area contributed by atoms with Crippen molar-refractivity contribution in [3.8, 4) is 5.69 Å². The Hall–Kier alpha value is -3.42. The Kier molecular flexibility index (Phi) is 5.07. The van der Waals surface area contributed by atoms with Crippen LogP contribution >= 0.6 is 0 Å². The molecule has 8 heteroatoms. The highest BCUT2D eigenvalue weighted by molar-refractivity contribution is 5.78.